The van der Waals surface area contributed by atoms with Crippen LogP contribution in [0.2, 0.25) is 0 Å². The Morgan fingerprint density at radius 3 is 2.71 bits per heavy atom. The van der Waals surface area contributed by atoms with Crippen molar-refractivity contribution in [2.75, 3.05) is 7.05 Å². The summed E-state index contributed by atoms with van der Waals surface area (Å²) in [5.74, 6) is 1.42. The van der Waals surface area contributed by atoms with E-state index in [-0.39, 0.29) is 5.92 Å². The second kappa shape index (κ2) is 8.60. The minimum absolute atomic E-state index is 0.249. The predicted molar refractivity (Wildman–Crippen MR) is 135 cm³/mol. The molecule has 1 unspecified atom stereocenters. The van der Waals surface area contributed by atoms with E-state index >= 15 is 0 Å². The van der Waals surface area contributed by atoms with Crippen LogP contribution in [0.4, 0.5) is 0 Å². The largest absolute Gasteiger partial charge is 0.334 e. The number of carbonyl (C=O) groups excluding carboxylic acids is 1. The Labute approximate surface area is 203 Å². The summed E-state index contributed by atoms with van der Waals surface area (Å²) in [4.78, 5) is 18.2. The van der Waals surface area contributed by atoms with Crippen molar-refractivity contribution in [3.8, 4) is 34.0 Å². The number of benzene rings is 2. The Hall–Kier alpha value is -3.09. The highest BCUT2D eigenvalue weighted by atomic mass is 32.1. The van der Waals surface area contributed by atoms with Gasteiger partial charge >= 0.3 is 0 Å². The van der Waals surface area contributed by atoms with Crippen LogP contribution >= 0.6 is 11.3 Å². The smallest absolute Gasteiger partial charge is 0.258 e. The van der Waals surface area contributed by atoms with Crippen LogP contribution in [0.5, 0.6) is 0 Å². The Kier molecular flexibility index (Phi) is 5.42. The number of nitrogens with zero attached hydrogens (tertiary/aromatic N) is 3. The fourth-order valence-electron chi connectivity index (χ4n) is 5.48. The lowest BCUT2D eigenvalue weighted by Gasteiger charge is -2.42. The summed E-state index contributed by atoms with van der Waals surface area (Å²) < 4.78 is 5.65. The van der Waals surface area contributed by atoms with Gasteiger partial charge in [-0.1, -0.05) is 23.4 Å². The van der Waals surface area contributed by atoms with E-state index in [0.29, 0.717) is 23.8 Å². The molecule has 0 aliphatic heterocycles. The van der Waals surface area contributed by atoms with Crippen molar-refractivity contribution in [3.05, 3.63) is 69.9 Å². The van der Waals surface area contributed by atoms with Crippen LogP contribution in [-0.4, -0.2) is 34.4 Å². The summed E-state index contributed by atoms with van der Waals surface area (Å²) in [6, 6.07) is 15.9. The predicted octanol–water partition coefficient (Wildman–Crippen LogP) is 6.34. The van der Waals surface area contributed by atoms with Crippen LogP contribution in [-0.2, 0) is 11.2 Å². The lowest BCUT2D eigenvalue weighted by Crippen LogP contribution is -2.44. The Bertz CT molecular complexity index is 1340. The third-order valence-electron chi connectivity index (χ3n) is 7.59. The van der Waals surface area contributed by atoms with Crippen molar-refractivity contribution in [2.24, 2.45) is 5.92 Å². The molecule has 0 N–H and O–H groups in total. The van der Waals surface area contributed by atoms with Crippen molar-refractivity contribution in [1.29, 1.82) is 0 Å². The third-order valence-corrected chi connectivity index (χ3v) is 8.27. The molecule has 0 bridgehead atoms. The first-order chi connectivity index (χ1) is 16.6. The first-order valence-electron chi connectivity index (χ1n) is 11.9. The molecule has 2 aromatic carbocycles. The molecule has 2 aromatic heterocycles. The summed E-state index contributed by atoms with van der Waals surface area (Å²) in [5.41, 5.74) is 8.34. The second-order valence-electron chi connectivity index (χ2n) is 9.62. The number of aldehydes is 1. The highest BCUT2D eigenvalue weighted by Gasteiger charge is 2.37. The van der Waals surface area contributed by atoms with E-state index in [9.17, 15) is 4.79 Å². The molecule has 4 aromatic rings. The van der Waals surface area contributed by atoms with E-state index in [0.717, 1.165) is 43.1 Å². The fourth-order valence-corrected chi connectivity index (χ4v) is 6.14. The summed E-state index contributed by atoms with van der Waals surface area (Å²) in [6.45, 7) is 2.12. The van der Waals surface area contributed by atoms with Gasteiger partial charge in [0.15, 0.2) is 0 Å². The maximum absolute atomic E-state index is 11.0. The van der Waals surface area contributed by atoms with Crippen molar-refractivity contribution < 1.29 is 9.32 Å². The van der Waals surface area contributed by atoms with Crippen LogP contribution in [0, 0.1) is 12.8 Å². The first-order valence-corrected chi connectivity index (χ1v) is 12.8. The monoisotopic (exact) mass is 469 g/mol. The molecule has 0 radical (unpaired) electrons. The Morgan fingerprint density at radius 2 is 1.94 bits per heavy atom. The minimum atomic E-state index is 0.249. The van der Waals surface area contributed by atoms with Crippen molar-refractivity contribution in [1.82, 2.24) is 15.0 Å². The second-order valence-corrected chi connectivity index (χ2v) is 10.4. The number of thiophene rings is 1. The van der Waals surface area contributed by atoms with E-state index in [2.05, 4.69) is 77.3 Å². The maximum atomic E-state index is 11.0. The molecule has 2 heterocycles. The average Bonchev–Trinajstić information content (AvgIpc) is 3.58. The van der Waals surface area contributed by atoms with Gasteiger partial charge in [-0.15, -0.1) is 0 Å². The lowest BCUT2D eigenvalue weighted by molar-refractivity contribution is -0.115. The van der Waals surface area contributed by atoms with E-state index in [1.54, 1.807) is 11.3 Å². The zero-order valence-corrected chi connectivity index (χ0v) is 20.2. The van der Waals surface area contributed by atoms with Gasteiger partial charge in [-0.25, -0.2) is 0 Å². The van der Waals surface area contributed by atoms with Crippen molar-refractivity contribution in [3.63, 3.8) is 0 Å². The van der Waals surface area contributed by atoms with E-state index in [1.807, 2.05) is 0 Å². The van der Waals surface area contributed by atoms with Gasteiger partial charge in [0, 0.05) is 29.1 Å². The molecule has 5 nitrogen and oxygen atoms in total. The van der Waals surface area contributed by atoms with Crippen LogP contribution in [0.25, 0.3) is 34.0 Å². The van der Waals surface area contributed by atoms with Gasteiger partial charge in [-0.3, -0.25) is 4.90 Å². The molecular formula is C28H27N3O2S. The van der Waals surface area contributed by atoms with Gasteiger partial charge in [0.25, 0.3) is 5.89 Å². The molecule has 34 heavy (non-hydrogen) atoms. The van der Waals surface area contributed by atoms with Crippen LogP contribution in [0.1, 0.15) is 42.0 Å². The van der Waals surface area contributed by atoms with Crippen LogP contribution < -0.4 is 0 Å². The van der Waals surface area contributed by atoms with Gasteiger partial charge in [0.05, 0.1) is 0 Å². The zero-order valence-electron chi connectivity index (χ0n) is 19.4. The number of hydrogen-bond donors (Lipinski definition) is 0. The molecule has 1 atom stereocenters. The van der Waals surface area contributed by atoms with Gasteiger partial charge < -0.3 is 9.32 Å². The number of fused-ring (bicyclic) bond motifs is 1. The summed E-state index contributed by atoms with van der Waals surface area (Å²) in [5, 5.41) is 8.55. The van der Waals surface area contributed by atoms with E-state index < -0.39 is 0 Å². The fraction of sp³-hybridized carbons (Fsp3) is 0.321. The number of hydrogen-bond acceptors (Lipinski definition) is 6. The molecular weight excluding hydrogens is 442 g/mol. The molecule has 1 fully saturated rings. The van der Waals surface area contributed by atoms with Crippen molar-refractivity contribution in [2.45, 2.75) is 44.7 Å². The van der Waals surface area contributed by atoms with E-state index in [1.165, 1.54) is 27.8 Å². The normalized spacial score (nSPS) is 21.4. The lowest BCUT2D eigenvalue weighted by atomic mass is 9.80. The van der Waals surface area contributed by atoms with E-state index in [4.69, 9.17) is 9.51 Å². The number of carbonyl (C=O) groups is 1. The molecule has 2 aliphatic rings. The molecule has 172 valence electrons. The van der Waals surface area contributed by atoms with Gasteiger partial charge in [0.1, 0.15) is 6.29 Å². The molecule has 1 saturated carbocycles. The highest BCUT2D eigenvalue weighted by Crippen LogP contribution is 2.42. The molecule has 0 amide bonds. The molecule has 6 heteroatoms. The maximum Gasteiger partial charge on any atom is 0.258 e. The van der Waals surface area contributed by atoms with Gasteiger partial charge in [-0.2, -0.15) is 16.3 Å². The molecule has 2 aliphatic carbocycles. The SMILES string of the molecule is Cc1cc(-c2nc(-c3ccc4c(c3)CCC4N(C)C3CC(C=O)C3)no2)ccc1-c1ccsc1. The number of aromatic nitrogens is 2. The number of aryl methyl sites for hydroxylation is 2. The molecule has 0 spiro atoms. The standard InChI is InChI=1S/C28H27N3O2S/c1-17-11-21(4-6-24(17)22-9-10-34-16-22)28-29-27(30-33-28)20-3-7-25-19(14-20)5-8-26(25)31(2)23-12-18(13-23)15-32/h3-4,6-7,9-11,14-16,18,23,26H,5,8,12-13H2,1-2H3. The minimum Gasteiger partial charge on any atom is -0.334 e. The van der Waals surface area contributed by atoms with Gasteiger partial charge in [0.2, 0.25) is 5.82 Å². The molecule has 0 saturated heterocycles. The van der Waals surface area contributed by atoms with Crippen LogP contribution in [0.3, 0.4) is 0 Å². The molecule has 6 rings (SSSR count). The van der Waals surface area contributed by atoms with Crippen LogP contribution in [0.15, 0.2) is 57.7 Å². The topological polar surface area (TPSA) is 59.2 Å². The average molecular weight is 470 g/mol. The Morgan fingerprint density at radius 1 is 1.09 bits per heavy atom. The van der Waals surface area contributed by atoms with Crippen molar-refractivity contribution >= 4 is 17.6 Å². The quantitative estimate of drug-likeness (QED) is 0.309. The number of rotatable bonds is 6. The summed E-state index contributed by atoms with van der Waals surface area (Å²) in [6.07, 6.45) is 5.26. The Balaban J connectivity index is 1.21. The zero-order chi connectivity index (χ0) is 23.2. The summed E-state index contributed by atoms with van der Waals surface area (Å²) in [7, 11) is 2.20. The first kappa shape index (κ1) is 21.4. The summed E-state index contributed by atoms with van der Waals surface area (Å²) >= 11 is 1.70. The van der Waals surface area contributed by atoms with Gasteiger partial charge in [-0.05, 0) is 102 Å². The third kappa shape index (κ3) is 3.71. The highest BCUT2D eigenvalue weighted by molar-refractivity contribution is 7.08.